The third kappa shape index (κ3) is 5.08. The van der Waals surface area contributed by atoms with Crippen LogP contribution >= 0.6 is 0 Å². The average Bonchev–Trinajstić information content (AvgIpc) is 3.18. The van der Waals surface area contributed by atoms with Crippen molar-refractivity contribution in [2.24, 2.45) is 11.7 Å². The average molecular weight is 533 g/mol. The van der Waals surface area contributed by atoms with Crippen molar-refractivity contribution in [1.82, 2.24) is 19.5 Å². The number of fused-ring (bicyclic) bond motifs is 2. The maximum atomic E-state index is 14.5. The van der Waals surface area contributed by atoms with Crippen LogP contribution in [0.3, 0.4) is 0 Å². The maximum absolute atomic E-state index is 14.5. The molecular formula is C27H26F2N8O2. The Morgan fingerprint density at radius 1 is 1.31 bits per heavy atom. The maximum Gasteiger partial charge on any atom is 0.237 e. The number of benzene rings is 1. The summed E-state index contributed by atoms with van der Waals surface area (Å²) < 4.78 is 36.1. The predicted octanol–water partition coefficient (Wildman–Crippen LogP) is 3.44. The quantitative estimate of drug-likeness (QED) is 0.437. The standard InChI is InChI=1S/C27H26F2N8O2/c1-35(7-2-6-30)24-14-32-27(36-15-33-21-4-3-17(13-31)9-23(21)36)34-26(24)37(16-38)22-5-8-39-25-11-18(22)10-19(28)12-20(25)29/h3-4,9-12,14-16,18,22H,2,5-8,30H2,1H3/t18?,22-/m1/s1. The summed E-state index contributed by atoms with van der Waals surface area (Å²) in [6.45, 7) is 1.16. The number of amides is 1. The summed E-state index contributed by atoms with van der Waals surface area (Å²) in [7, 11) is 1.84. The molecule has 1 aliphatic heterocycles. The summed E-state index contributed by atoms with van der Waals surface area (Å²) >= 11 is 0. The number of carbonyl (C=O) groups is 1. The van der Waals surface area contributed by atoms with Crippen LogP contribution in [0.4, 0.5) is 20.3 Å². The molecule has 0 fully saturated rings. The van der Waals surface area contributed by atoms with Gasteiger partial charge in [0, 0.05) is 32.0 Å². The van der Waals surface area contributed by atoms with Crippen molar-refractivity contribution in [1.29, 1.82) is 5.26 Å². The second-order valence-electron chi connectivity index (χ2n) is 9.24. The van der Waals surface area contributed by atoms with E-state index in [4.69, 9.17) is 15.5 Å². The molecule has 1 unspecified atom stereocenters. The van der Waals surface area contributed by atoms with E-state index in [1.807, 2.05) is 11.9 Å². The molecule has 0 radical (unpaired) electrons. The number of imidazole rings is 1. The molecule has 10 nitrogen and oxygen atoms in total. The fraction of sp³-hybridized carbons (Fsp3) is 0.296. The van der Waals surface area contributed by atoms with Gasteiger partial charge in [-0.1, -0.05) is 0 Å². The molecule has 5 rings (SSSR count). The SMILES string of the molecule is CN(CCCN)c1cnc(-n2cnc3ccc(C#N)cc32)nc1N(C=O)[C@@H]1CCOC2=CC1C=C(F)C=C2F. The number of hydrogen-bond donors (Lipinski definition) is 1. The summed E-state index contributed by atoms with van der Waals surface area (Å²) in [5, 5.41) is 9.36. The zero-order valence-corrected chi connectivity index (χ0v) is 21.2. The topological polar surface area (TPSA) is 126 Å². The van der Waals surface area contributed by atoms with Crippen molar-refractivity contribution in [3.63, 3.8) is 0 Å². The molecule has 0 spiro atoms. The molecule has 2 aromatic heterocycles. The lowest BCUT2D eigenvalue weighted by Crippen LogP contribution is -2.41. The number of nitriles is 1. The van der Waals surface area contributed by atoms with Gasteiger partial charge in [0.15, 0.2) is 17.4 Å². The molecule has 39 heavy (non-hydrogen) atoms. The number of anilines is 2. The Morgan fingerprint density at radius 2 is 2.15 bits per heavy atom. The molecule has 3 heterocycles. The molecule has 2 atom stereocenters. The zero-order chi connectivity index (χ0) is 27.5. The van der Waals surface area contributed by atoms with Crippen LogP contribution in [0.5, 0.6) is 0 Å². The smallest absolute Gasteiger partial charge is 0.237 e. The fourth-order valence-electron chi connectivity index (χ4n) is 4.78. The second kappa shape index (κ2) is 11.0. The molecule has 200 valence electrons. The van der Waals surface area contributed by atoms with E-state index in [0.29, 0.717) is 54.6 Å². The Balaban J connectivity index is 1.63. The number of ether oxygens (including phenoxy) is 1. The van der Waals surface area contributed by atoms with Gasteiger partial charge in [0.05, 0.1) is 47.2 Å². The minimum atomic E-state index is -0.806. The van der Waals surface area contributed by atoms with Crippen LogP contribution < -0.4 is 15.5 Å². The van der Waals surface area contributed by atoms with E-state index in [1.165, 1.54) is 17.1 Å². The molecule has 12 heteroatoms. The van der Waals surface area contributed by atoms with E-state index >= 15 is 0 Å². The number of allylic oxidation sites excluding steroid dienone is 3. The second-order valence-corrected chi connectivity index (χ2v) is 9.24. The lowest BCUT2D eigenvalue weighted by molar-refractivity contribution is -0.108. The minimum absolute atomic E-state index is 0.0564. The molecular weight excluding hydrogens is 506 g/mol. The molecule has 3 aromatic rings. The van der Waals surface area contributed by atoms with E-state index in [9.17, 15) is 18.8 Å². The van der Waals surface area contributed by atoms with Gasteiger partial charge in [0.25, 0.3) is 0 Å². The van der Waals surface area contributed by atoms with Crippen molar-refractivity contribution in [2.75, 3.05) is 36.5 Å². The number of carbonyl (C=O) groups excluding carboxylic acids is 1. The number of aromatic nitrogens is 4. The van der Waals surface area contributed by atoms with Crippen molar-refractivity contribution >= 4 is 28.9 Å². The molecule has 0 saturated heterocycles. The van der Waals surface area contributed by atoms with Gasteiger partial charge in [-0.3, -0.25) is 14.3 Å². The molecule has 1 aliphatic carbocycles. The Kier molecular flexibility index (Phi) is 7.33. The summed E-state index contributed by atoms with van der Waals surface area (Å²) in [5.74, 6) is -1.79. The van der Waals surface area contributed by atoms with Crippen LogP contribution in [0, 0.1) is 17.2 Å². The van der Waals surface area contributed by atoms with Crippen molar-refractivity contribution in [3.05, 3.63) is 71.9 Å². The highest BCUT2D eigenvalue weighted by molar-refractivity contribution is 5.83. The molecule has 2 N–H and O–H groups in total. The van der Waals surface area contributed by atoms with E-state index < -0.39 is 23.6 Å². The van der Waals surface area contributed by atoms with Gasteiger partial charge >= 0.3 is 0 Å². The van der Waals surface area contributed by atoms with E-state index in [-0.39, 0.29) is 24.1 Å². The van der Waals surface area contributed by atoms with E-state index in [1.54, 1.807) is 35.3 Å². The normalized spacial score (nSPS) is 18.6. The van der Waals surface area contributed by atoms with Crippen molar-refractivity contribution < 1.29 is 18.3 Å². The first-order chi connectivity index (χ1) is 18.9. The van der Waals surface area contributed by atoms with Crippen LogP contribution in [-0.4, -0.2) is 58.7 Å². The zero-order valence-electron chi connectivity index (χ0n) is 21.2. The van der Waals surface area contributed by atoms with Gasteiger partial charge in [-0.05, 0) is 43.3 Å². The number of halogens is 2. The van der Waals surface area contributed by atoms with E-state index in [0.717, 1.165) is 6.08 Å². The molecule has 2 aliphatic rings. The first-order valence-electron chi connectivity index (χ1n) is 12.4. The van der Waals surface area contributed by atoms with Gasteiger partial charge in [0.1, 0.15) is 12.2 Å². The third-order valence-electron chi connectivity index (χ3n) is 6.76. The van der Waals surface area contributed by atoms with E-state index in [2.05, 4.69) is 16.0 Å². The van der Waals surface area contributed by atoms with Gasteiger partial charge in [-0.25, -0.2) is 18.7 Å². The predicted molar refractivity (Wildman–Crippen MR) is 141 cm³/mol. The molecule has 0 saturated carbocycles. The summed E-state index contributed by atoms with van der Waals surface area (Å²) in [4.78, 5) is 29.7. The van der Waals surface area contributed by atoms with Gasteiger partial charge in [0.2, 0.25) is 12.4 Å². The highest BCUT2D eigenvalue weighted by atomic mass is 19.1. The molecule has 1 aromatic carbocycles. The Hall–Kier alpha value is -4.63. The fourth-order valence-corrected chi connectivity index (χ4v) is 4.78. The van der Waals surface area contributed by atoms with Crippen LogP contribution in [0.25, 0.3) is 17.0 Å². The van der Waals surface area contributed by atoms with Crippen LogP contribution in [0.15, 0.2) is 66.4 Å². The van der Waals surface area contributed by atoms with Gasteiger partial charge in [-0.2, -0.15) is 10.2 Å². The Labute approximate surface area is 223 Å². The number of nitrogens with two attached hydrogens (primary N) is 1. The van der Waals surface area contributed by atoms with Gasteiger partial charge in [-0.15, -0.1) is 0 Å². The van der Waals surface area contributed by atoms with Crippen LogP contribution in [0.1, 0.15) is 18.4 Å². The summed E-state index contributed by atoms with van der Waals surface area (Å²) in [6.07, 6.45) is 8.29. The Morgan fingerprint density at radius 3 is 2.92 bits per heavy atom. The lowest BCUT2D eigenvalue weighted by Gasteiger charge is -2.33. The largest absolute Gasteiger partial charge is 0.491 e. The molecule has 2 bridgehead atoms. The van der Waals surface area contributed by atoms with Crippen molar-refractivity contribution in [3.8, 4) is 12.0 Å². The first-order valence-corrected chi connectivity index (χ1v) is 12.4. The van der Waals surface area contributed by atoms with Crippen LogP contribution in [-0.2, 0) is 9.53 Å². The number of nitrogens with zero attached hydrogens (tertiary/aromatic N) is 7. The monoisotopic (exact) mass is 532 g/mol. The third-order valence-corrected chi connectivity index (χ3v) is 6.76. The highest BCUT2D eigenvalue weighted by Gasteiger charge is 2.33. The highest BCUT2D eigenvalue weighted by Crippen LogP contribution is 2.36. The molecule has 1 amide bonds. The lowest BCUT2D eigenvalue weighted by atomic mass is 9.95. The van der Waals surface area contributed by atoms with Gasteiger partial charge < -0.3 is 15.4 Å². The summed E-state index contributed by atoms with van der Waals surface area (Å²) in [6, 6.07) is 6.57. The first kappa shape index (κ1) is 26.0. The summed E-state index contributed by atoms with van der Waals surface area (Å²) in [5.41, 5.74) is 7.98. The van der Waals surface area contributed by atoms with Crippen LogP contribution in [0.2, 0.25) is 0 Å². The minimum Gasteiger partial charge on any atom is -0.491 e. The number of hydrogen-bond acceptors (Lipinski definition) is 8. The van der Waals surface area contributed by atoms with Crippen molar-refractivity contribution in [2.45, 2.75) is 18.9 Å². The number of rotatable bonds is 8. The Bertz CT molecular complexity index is 1540.